The second-order valence-electron chi connectivity index (χ2n) is 11.9. The van der Waals surface area contributed by atoms with Gasteiger partial charge in [-0.05, 0) is 38.0 Å². The highest BCUT2D eigenvalue weighted by molar-refractivity contribution is 5.76. The fourth-order valence-corrected chi connectivity index (χ4v) is 5.84. The van der Waals surface area contributed by atoms with E-state index in [1.165, 1.54) is 38.5 Å². The lowest BCUT2D eigenvalue weighted by atomic mass is 9.79. The molecular weight excluding hydrogens is 608 g/mol. The molecule has 0 radical (unpaired) electrons. The van der Waals surface area contributed by atoms with Crippen LogP contribution in [0.3, 0.4) is 0 Å². The van der Waals surface area contributed by atoms with Gasteiger partial charge in [-0.15, -0.1) is 0 Å². The summed E-state index contributed by atoms with van der Waals surface area (Å²) >= 11 is 0. The van der Waals surface area contributed by atoms with Gasteiger partial charge < -0.3 is 9.47 Å². The van der Waals surface area contributed by atoms with Crippen LogP contribution in [0.25, 0.3) is 11.1 Å². The molecule has 0 heterocycles. The van der Waals surface area contributed by atoms with Crippen LogP contribution in [0.1, 0.15) is 117 Å². The smallest absolute Gasteiger partial charge is 0.314 e. The van der Waals surface area contributed by atoms with Gasteiger partial charge in [0.1, 0.15) is 0 Å². The summed E-state index contributed by atoms with van der Waals surface area (Å²) in [6.45, 7) is 3.69. The minimum absolute atomic E-state index is 0.293. The average molecular weight is 651 g/mol. The fraction of sp³-hybridized carbons (Fsp3) is 0.618. The largest absolute Gasteiger partial charge is 0.487 e. The Kier molecular flexibility index (Phi) is 14.4. The third kappa shape index (κ3) is 9.12. The molecule has 0 amide bonds. The third-order valence-corrected chi connectivity index (χ3v) is 8.54. The van der Waals surface area contributed by atoms with Gasteiger partial charge in [0.05, 0.1) is 23.7 Å². The van der Waals surface area contributed by atoms with Gasteiger partial charge in [-0.3, -0.25) is 4.79 Å². The summed E-state index contributed by atoms with van der Waals surface area (Å²) in [5.41, 5.74) is -4.04. The molecule has 0 atom stereocenters. The van der Waals surface area contributed by atoms with Crippen LogP contribution in [-0.2, 0) is 4.79 Å². The summed E-state index contributed by atoms with van der Waals surface area (Å²) in [6, 6.07) is 0. The maximum atomic E-state index is 15.0. The molecular formula is C34H42F8O3. The molecule has 0 spiro atoms. The molecule has 2 aromatic rings. The summed E-state index contributed by atoms with van der Waals surface area (Å²) in [6.07, 6.45) is 14.2. The Morgan fingerprint density at radius 2 is 0.978 bits per heavy atom. The van der Waals surface area contributed by atoms with Crippen molar-refractivity contribution in [3.63, 3.8) is 0 Å². The SMILES string of the molecule is CCCCCCCCCCC1CCC(C(=O)Oc2c(F)c(F)c(-c3c(F)c(F)c(OCCCCC)c(F)c3F)c(F)c2F)CC1. The normalized spacial score (nSPS) is 16.7. The van der Waals surface area contributed by atoms with Gasteiger partial charge in [0.15, 0.2) is 29.0 Å². The van der Waals surface area contributed by atoms with E-state index in [0.29, 0.717) is 50.9 Å². The van der Waals surface area contributed by atoms with E-state index in [4.69, 9.17) is 9.47 Å². The molecule has 0 aromatic heterocycles. The molecule has 0 unspecified atom stereocenters. The highest BCUT2D eigenvalue weighted by Gasteiger charge is 2.37. The Hall–Kier alpha value is -2.85. The van der Waals surface area contributed by atoms with Crippen LogP contribution in [0, 0.1) is 58.4 Å². The first kappa shape index (κ1) is 36.6. The molecule has 0 N–H and O–H groups in total. The molecule has 45 heavy (non-hydrogen) atoms. The van der Waals surface area contributed by atoms with Gasteiger partial charge in [-0.25, -0.2) is 17.6 Å². The predicted molar refractivity (Wildman–Crippen MR) is 155 cm³/mol. The Labute approximate surface area is 259 Å². The van der Waals surface area contributed by atoms with E-state index in [2.05, 4.69) is 6.92 Å². The van der Waals surface area contributed by atoms with Crippen molar-refractivity contribution in [3.8, 4) is 22.6 Å². The van der Waals surface area contributed by atoms with Crippen molar-refractivity contribution in [2.45, 2.75) is 117 Å². The first-order valence-electron chi connectivity index (χ1n) is 16.1. The number of halogens is 8. The Morgan fingerprint density at radius 1 is 0.556 bits per heavy atom. The van der Waals surface area contributed by atoms with Crippen LogP contribution in [0.5, 0.6) is 11.5 Å². The van der Waals surface area contributed by atoms with Crippen LogP contribution in [0.4, 0.5) is 35.1 Å². The predicted octanol–water partition coefficient (Wildman–Crippen LogP) is 11.3. The molecule has 1 fully saturated rings. The number of rotatable bonds is 17. The molecule has 2 aromatic carbocycles. The summed E-state index contributed by atoms with van der Waals surface area (Å²) in [7, 11) is 0. The zero-order valence-corrected chi connectivity index (χ0v) is 25.9. The van der Waals surface area contributed by atoms with Gasteiger partial charge in [0.2, 0.25) is 29.0 Å². The number of carbonyl (C=O) groups is 1. The zero-order valence-electron chi connectivity index (χ0n) is 25.9. The van der Waals surface area contributed by atoms with Crippen molar-refractivity contribution in [2.75, 3.05) is 6.61 Å². The topological polar surface area (TPSA) is 35.5 Å². The first-order valence-corrected chi connectivity index (χ1v) is 16.1. The van der Waals surface area contributed by atoms with E-state index in [1.807, 2.05) is 6.92 Å². The molecule has 1 aliphatic rings. The maximum Gasteiger partial charge on any atom is 0.314 e. The number of benzene rings is 2. The second kappa shape index (κ2) is 17.7. The van der Waals surface area contributed by atoms with Crippen molar-refractivity contribution >= 4 is 5.97 Å². The van der Waals surface area contributed by atoms with Gasteiger partial charge in [0, 0.05) is 0 Å². The number of ether oxygens (including phenoxy) is 2. The van der Waals surface area contributed by atoms with Crippen LogP contribution < -0.4 is 9.47 Å². The monoisotopic (exact) mass is 650 g/mol. The number of esters is 1. The Morgan fingerprint density at radius 3 is 1.47 bits per heavy atom. The first-order chi connectivity index (χ1) is 21.5. The molecule has 3 rings (SSSR count). The maximum absolute atomic E-state index is 15.0. The minimum Gasteiger partial charge on any atom is -0.487 e. The molecule has 0 aliphatic heterocycles. The lowest BCUT2D eigenvalue weighted by molar-refractivity contribution is -0.140. The van der Waals surface area contributed by atoms with Crippen molar-refractivity contribution in [1.29, 1.82) is 0 Å². The van der Waals surface area contributed by atoms with Crippen LogP contribution in [0.2, 0.25) is 0 Å². The van der Waals surface area contributed by atoms with Gasteiger partial charge >= 0.3 is 5.97 Å². The summed E-state index contributed by atoms with van der Waals surface area (Å²) in [5, 5.41) is 0. The van der Waals surface area contributed by atoms with E-state index in [9.17, 15) is 31.1 Å². The van der Waals surface area contributed by atoms with Crippen LogP contribution in [-0.4, -0.2) is 12.6 Å². The zero-order chi connectivity index (χ0) is 33.1. The number of hydrogen-bond donors (Lipinski definition) is 0. The van der Waals surface area contributed by atoms with E-state index >= 15 is 8.78 Å². The van der Waals surface area contributed by atoms with E-state index in [1.54, 1.807) is 0 Å². The van der Waals surface area contributed by atoms with Gasteiger partial charge in [-0.1, -0.05) is 84.5 Å². The summed E-state index contributed by atoms with van der Waals surface area (Å²) < 4.78 is 128. The Balaban J connectivity index is 1.68. The van der Waals surface area contributed by atoms with Crippen molar-refractivity contribution in [1.82, 2.24) is 0 Å². The standard InChI is InChI=1S/C34H42F8O3/c1-3-5-7-8-9-10-11-12-14-20-15-17-21(18-16-20)34(43)45-33-30(41)26(37)23(27(38)31(33)42)22-24(35)28(39)32(29(40)25(22)36)44-19-13-6-4-2/h20-21H,3-19H2,1-2H3. The van der Waals surface area contributed by atoms with Crippen molar-refractivity contribution < 1.29 is 49.4 Å². The van der Waals surface area contributed by atoms with E-state index < -0.39 is 81.1 Å². The molecule has 0 bridgehead atoms. The number of carbonyl (C=O) groups excluding carboxylic acids is 1. The molecule has 11 heteroatoms. The second-order valence-corrected chi connectivity index (χ2v) is 11.9. The fourth-order valence-electron chi connectivity index (χ4n) is 5.84. The Bertz CT molecular complexity index is 1230. The van der Waals surface area contributed by atoms with Gasteiger partial charge in [-0.2, -0.15) is 17.6 Å². The highest BCUT2D eigenvalue weighted by Crippen LogP contribution is 2.42. The molecule has 1 saturated carbocycles. The average Bonchev–Trinajstić information content (AvgIpc) is 3.04. The summed E-state index contributed by atoms with van der Waals surface area (Å²) in [4.78, 5) is 12.7. The molecule has 1 aliphatic carbocycles. The summed E-state index contributed by atoms with van der Waals surface area (Å²) in [5.74, 6) is -22.9. The van der Waals surface area contributed by atoms with Crippen LogP contribution >= 0.6 is 0 Å². The van der Waals surface area contributed by atoms with Gasteiger partial charge in [0.25, 0.3) is 0 Å². The lowest BCUT2D eigenvalue weighted by Gasteiger charge is -2.27. The number of unbranched alkanes of at least 4 members (excludes halogenated alkanes) is 9. The number of hydrogen-bond acceptors (Lipinski definition) is 3. The van der Waals surface area contributed by atoms with Crippen molar-refractivity contribution in [2.24, 2.45) is 11.8 Å². The third-order valence-electron chi connectivity index (χ3n) is 8.54. The minimum atomic E-state index is -2.39. The van der Waals surface area contributed by atoms with E-state index in [0.717, 1.165) is 19.3 Å². The quantitative estimate of drug-likeness (QED) is 0.0562. The highest BCUT2D eigenvalue weighted by atomic mass is 19.2. The molecule has 3 nitrogen and oxygen atoms in total. The van der Waals surface area contributed by atoms with E-state index in [-0.39, 0.29) is 6.61 Å². The molecule has 252 valence electrons. The van der Waals surface area contributed by atoms with Crippen LogP contribution in [0.15, 0.2) is 0 Å². The molecule has 0 saturated heterocycles. The van der Waals surface area contributed by atoms with Crippen molar-refractivity contribution in [3.05, 3.63) is 46.5 Å². The lowest BCUT2D eigenvalue weighted by Crippen LogP contribution is -2.26.